The summed E-state index contributed by atoms with van der Waals surface area (Å²) in [5.41, 5.74) is 3.51. The second-order valence-electron chi connectivity index (χ2n) is 5.22. The molecule has 0 bridgehead atoms. The lowest BCUT2D eigenvalue weighted by atomic mass is 10.1. The third kappa shape index (κ3) is 2.81. The first-order valence-electron chi connectivity index (χ1n) is 7.41. The summed E-state index contributed by atoms with van der Waals surface area (Å²) < 4.78 is 3.43. The average Bonchev–Trinajstić information content (AvgIpc) is 3.00. The van der Waals surface area contributed by atoms with Crippen LogP contribution >= 0.6 is 23.5 Å². The molecule has 2 aromatic carbocycles. The summed E-state index contributed by atoms with van der Waals surface area (Å²) in [4.78, 5) is 0. The number of fused-ring (bicyclic) bond motifs is 1. The molecule has 1 aliphatic rings. The molecule has 0 unspecified atom stereocenters. The molecule has 1 aliphatic heterocycles. The number of para-hydroxylation sites is 1. The summed E-state index contributed by atoms with van der Waals surface area (Å²) in [6, 6.07) is 16.9. The highest BCUT2D eigenvalue weighted by atomic mass is 32.2. The molecule has 3 aromatic rings. The smallest absolute Gasteiger partial charge is 0.0741 e. The molecule has 0 saturated carbocycles. The second-order valence-corrected chi connectivity index (χ2v) is 7.76. The molecule has 4 heteroatoms. The van der Waals surface area contributed by atoms with Crippen LogP contribution in [0.4, 0.5) is 0 Å². The molecule has 1 saturated heterocycles. The SMILES string of the molecule is C(=C1SCCCS1)c1ccc2c(cnn2-c2ccccc2)c1. The highest BCUT2D eigenvalue weighted by Crippen LogP contribution is 2.36. The van der Waals surface area contributed by atoms with Gasteiger partial charge in [-0.05, 0) is 53.8 Å². The number of rotatable bonds is 2. The van der Waals surface area contributed by atoms with E-state index in [1.54, 1.807) is 0 Å². The van der Waals surface area contributed by atoms with Gasteiger partial charge in [0.25, 0.3) is 0 Å². The number of thioether (sulfide) groups is 2. The van der Waals surface area contributed by atoms with E-state index in [9.17, 15) is 0 Å². The van der Waals surface area contributed by atoms with E-state index in [-0.39, 0.29) is 0 Å². The monoisotopic (exact) mass is 324 g/mol. The van der Waals surface area contributed by atoms with E-state index in [1.165, 1.54) is 33.1 Å². The lowest BCUT2D eigenvalue weighted by Crippen LogP contribution is -1.95. The fourth-order valence-electron chi connectivity index (χ4n) is 2.58. The van der Waals surface area contributed by atoms with Gasteiger partial charge in [-0.25, -0.2) is 4.68 Å². The van der Waals surface area contributed by atoms with Crippen LogP contribution in [0.2, 0.25) is 0 Å². The summed E-state index contributed by atoms with van der Waals surface area (Å²) in [7, 11) is 0. The highest BCUT2D eigenvalue weighted by molar-refractivity contribution is 8.23. The van der Waals surface area contributed by atoms with Gasteiger partial charge in [-0.1, -0.05) is 24.3 Å². The highest BCUT2D eigenvalue weighted by Gasteiger charge is 2.08. The quantitative estimate of drug-likeness (QED) is 0.646. The van der Waals surface area contributed by atoms with Gasteiger partial charge in [0.1, 0.15) is 0 Å². The number of nitrogens with zero attached hydrogens (tertiary/aromatic N) is 2. The molecule has 1 fully saturated rings. The third-order valence-electron chi connectivity index (χ3n) is 3.65. The molecule has 2 heterocycles. The van der Waals surface area contributed by atoms with Crippen LogP contribution < -0.4 is 0 Å². The van der Waals surface area contributed by atoms with Crippen molar-refractivity contribution in [2.24, 2.45) is 0 Å². The van der Waals surface area contributed by atoms with Gasteiger partial charge in [-0.15, -0.1) is 23.5 Å². The summed E-state index contributed by atoms with van der Waals surface area (Å²) in [5, 5.41) is 5.72. The Hall–Kier alpha value is -1.65. The van der Waals surface area contributed by atoms with Crippen LogP contribution in [-0.2, 0) is 0 Å². The van der Waals surface area contributed by atoms with Crippen LogP contribution in [0.15, 0.2) is 59.0 Å². The zero-order chi connectivity index (χ0) is 14.8. The maximum absolute atomic E-state index is 4.54. The standard InChI is InChI=1S/C18H16N2S2/c1-2-5-16(6-3-1)20-17-8-7-14(11-15(17)13-19-20)12-18-21-9-4-10-22-18/h1-3,5-8,11-13H,4,9-10H2. The molecule has 0 spiro atoms. The van der Waals surface area contributed by atoms with E-state index >= 15 is 0 Å². The Bertz CT molecular complexity index is 813. The van der Waals surface area contributed by atoms with Crippen LogP contribution in [0.5, 0.6) is 0 Å². The van der Waals surface area contributed by atoms with Crippen molar-refractivity contribution in [2.45, 2.75) is 6.42 Å². The third-order valence-corrected chi connectivity index (χ3v) is 6.15. The van der Waals surface area contributed by atoms with Crippen LogP contribution in [-0.4, -0.2) is 21.3 Å². The Labute approximate surface area is 138 Å². The van der Waals surface area contributed by atoms with Crippen molar-refractivity contribution >= 4 is 40.5 Å². The molecule has 0 atom stereocenters. The van der Waals surface area contributed by atoms with E-state index < -0.39 is 0 Å². The number of hydrogen-bond donors (Lipinski definition) is 0. The van der Waals surface area contributed by atoms with E-state index in [1.807, 2.05) is 52.6 Å². The minimum Gasteiger partial charge on any atom is -0.233 e. The predicted octanol–water partition coefficient (Wildman–Crippen LogP) is 5.19. The molecule has 0 radical (unpaired) electrons. The first-order chi connectivity index (χ1) is 10.9. The van der Waals surface area contributed by atoms with Crippen LogP contribution in [0, 0.1) is 0 Å². The van der Waals surface area contributed by atoms with Crippen molar-refractivity contribution in [1.82, 2.24) is 9.78 Å². The summed E-state index contributed by atoms with van der Waals surface area (Å²) in [5.74, 6) is 2.49. The lowest BCUT2D eigenvalue weighted by Gasteiger charge is -2.12. The Morgan fingerprint density at radius 1 is 1.00 bits per heavy atom. The lowest BCUT2D eigenvalue weighted by molar-refractivity contribution is 0.911. The van der Waals surface area contributed by atoms with Crippen molar-refractivity contribution in [1.29, 1.82) is 0 Å². The van der Waals surface area contributed by atoms with Crippen molar-refractivity contribution in [3.8, 4) is 5.69 Å². The predicted molar refractivity (Wildman–Crippen MR) is 98.6 cm³/mol. The Morgan fingerprint density at radius 2 is 1.82 bits per heavy atom. The fourth-order valence-corrected chi connectivity index (χ4v) is 5.02. The minimum atomic E-state index is 1.10. The summed E-state index contributed by atoms with van der Waals surface area (Å²) >= 11 is 3.94. The van der Waals surface area contributed by atoms with Gasteiger partial charge in [0, 0.05) is 9.62 Å². The van der Waals surface area contributed by atoms with Gasteiger partial charge in [-0.2, -0.15) is 5.10 Å². The Morgan fingerprint density at radius 3 is 2.64 bits per heavy atom. The molecule has 110 valence electrons. The molecule has 2 nitrogen and oxygen atoms in total. The zero-order valence-electron chi connectivity index (χ0n) is 12.1. The minimum absolute atomic E-state index is 1.10. The summed E-state index contributed by atoms with van der Waals surface area (Å²) in [6.45, 7) is 0. The molecule has 0 aliphatic carbocycles. The Kier molecular flexibility index (Phi) is 3.95. The van der Waals surface area contributed by atoms with E-state index in [4.69, 9.17) is 0 Å². The molecule has 0 N–H and O–H groups in total. The van der Waals surface area contributed by atoms with Crippen LogP contribution in [0.1, 0.15) is 12.0 Å². The van der Waals surface area contributed by atoms with Gasteiger partial charge < -0.3 is 0 Å². The van der Waals surface area contributed by atoms with E-state index in [2.05, 4.69) is 41.5 Å². The molecular formula is C18H16N2S2. The normalized spacial score (nSPS) is 15.2. The van der Waals surface area contributed by atoms with Gasteiger partial charge in [-0.3, -0.25) is 0 Å². The number of hydrogen-bond acceptors (Lipinski definition) is 3. The molecule has 0 amide bonds. The van der Waals surface area contributed by atoms with Gasteiger partial charge in [0.15, 0.2) is 0 Å². The van der Waals surface area contributed by atoms with Crippen molar-refractivity contribution in [2.75, 3.05) is 11.5 Å². The topological polar surface area (TPSA) is 17.8 Å². The number of aromatic nitrogens is 2. The molecule has 4 rings (SSSR count). The van der Waals surface area contributed by atoms with Gasteiger partial charge in [0.05, 0.1) is 17.4 Å². The maximum atomic E-state index is 4.54. The van der Waals surface area contributed by atoms with Crippen molar-refractivity contribution in [3.05, 3.63) is 64.5 Å². The molecule has 22 heavy (non-hydrogen) atoms. The zero-order valence-corrected chi connectivity index (χ0v) is 13.7. The van der Waals surface area contributed by atoms with E-state index in [0.29, 0.717) is 0 Å². The molecule has 1 aromatic heterocycles. The fraction of sp³-hybridized carbons (Fsp3) is 0.167. The largest absolute Gasteiger partial charge is 0.233 e. The first-order valence-corrected chi connectivity index (χ1v) is 9.38. The average molecular weight is 324 g/mol. The Balaban J connectivity index is 1.71. The first kappa shape index (κ1) is 14.0. The van der Waals surface area contributed by atoms with Crippen LogP contribution in [0.25, 0.3) is 22.7 Å². The van der Waals surface area contributed by atoms with Gasteiger partial charge in [0.2, 0.25) is 0 Å². The van der Waals surface area contributed by atoms with E-state index in [0.717, 1.165) is 11.2 Å². The maximum Gasteiger partial charge on any atom is 0.0741 e. The van der Waals surface area contributed by atoms with Crippen molar-refractivity contribution < 1.29 is 0 Å². The summed E-state index contributed by atoms with van der Waals surface area (Å²) in [6.07, 6.45) is 5.56. The second kappa shape index (κ2) is 6.23. The number of benzene rings is 2. The molecular weight excluding hydrogens is 308 g/mol. The van der Waals surface area contributed by atoms with Gasteiger partial charge >= 0.3 is 0 Å². The van der Waals surface area contributed by atoms with Crippen LogP contribution in [0.3, 0.4) is 0 Å². The van der Waals surface area contributed by atoms with Crippen molar-refractivity contribution in [3.63, 3.8) is 0 Å².